The largest absolute Gasteiger partial charge is 0.494 e. The van der Waals surface area contributed by atoms with Gasteiger partial charge in [-0.25, -0.2) is 9.79 Å². The number of aliphatic imine (C=N–C) groups is 1. The molecule has 0 radical (unpaired) electrons. The zero-order valence-corrected chi connectivity index (χ0v) is 17.4. The van der Waals surface area contributed by atoms with Crippen LogP contribution < -0.4 is 4.74 Å². The van der Waals surface area contributed by atoms with E-state index in [2.05, 4.69) is 11.9 Å². The first-order valence-electron chi connectivity index (χ1n) is 9.71. The van der Waals surface area contributed by atoms with Crippen molar-refractivity contribution in [2.45, 2.75) is 46.1 Å². The van der Waals surface area contributed by atoms with Crippen LogP contribution in [0.25, 0.3) is 0 Å². The molecule has 1 saturated heterocycles. The van der Waals surface area contributed by atoms with Crippen molar-refractivity contribution in [3.63, 3.8) is 0 Å². The van der Waals surface area contributed by atoms with E-state index in [1.807, 2.05) is 24.3 Å². The van der Waals surface area contributed by atoms with Crippen molar-refractivity contribution in [1.29, 1.82) is 0 Å². The number of benzene rings is 1. The number of hydrogen-bond donors (Lipinski definition) is 0. The third-order valence-electron chi connectivity index (χ3n) is 4.66. The van der Waals surface area contributed by atoms with Crippen molar-refractivity contribution >= 4 is 28.8 Å². The molecule has 1 amide bonds. The van der Waals surface area contributed by atoms with E-state index in [-0.39, 0.29) is 12.5 Å². The Morgan fingerprint density at radius 1 is 1.29 bits per heavy atom. The van der Waals surface area contributed by atoms with Gasteiger partial charge in [0.2, 0.25) is 5.91 Å². The van der Waals surface area contributed by atoms with Crippen LogP contribution in [-0.4, -0.2) is 40.9 Å². The van der Waals surface area contributed by atoms with Crippen LogP contribution in [0.3, 0.4) is 0 Å². The molecule has 0 saturated carbocycles. The summed E-state index contributed by atoms with van der Waals surface area (Å²) in [6, 6.07) is 7.06. The van der Waals surface area contributed by atoms with Gasteiger partial charge in [0.05, 0.1) is 30.5 Å². The highest BCUT2D eigenvalue weighted by Gasteiger charge is 2.41. The maximum absolute atomic E-state index is 12.7. The number of esters is 1. The number of rotatable bonds is 7. The standard InChI is InChI=1S/C21H26N2O4S/c1-4-6-12-27-16-9-7-15(8-10-16)19-18(20(25)26-5-2)14(3)22-21-23(19)17(24)11-13-28-21/h7-10,19H,4-6,11-13H2,1-3H3. The second kappa shape index (κ2) is 9.28. The first-order valence-corrected chi connectivity index (χ1v) is 10.7. The Kier molecular flexibility index (Phi) is 6.78. The highest BCUT2D eigenvalue weighted by molar-refractivity contribution is 8.14. The Balaban J connectivity index is 1.97. The molecule has 2 aliphatic rings. The predicted molar refractivity (Wildman–Crippen MR) is 110 cm³/mol. The molecular formula is C21H26N2O4S. The third-order valence-corrected chi connectivity index (χ3v) is 5.62. The van der Waals surface area contributed by atoms with Crippen molar-refractivity contribution in [3.8, 4) is 5.75 Å². The fraction of sp³-hybridized carbons (Fsp3) is 0.476. The first-order chi connectivity index (χ1) is 13.6. The summed E-state index contributed by atoms with van der Waals surface area (Å²) in [6.45, 7) is 6.63. The number of nitrogens with zero attached hydrogens (tertiary/aromatic N) is 2. The molecule has 2 heterocycles. The van der Waals surface area contributed by atoms with Crippen molar-refractivity contribution in [3.05, 3.63) is 41.1 Å². The van der Waals surface area contributed by atoms with Gasteiger partial charge in [-0.15, -0.1) is 0 Å². The van der Waals surface area contributed by atoms with E-state index in [4.69, 9.17) is 9.47 Å². The van der Waals surface area contributed by atoms with Gasteiger partial charge in [-0.05, 0) is 38.0 Å². The number of carbonyl (C=O) groups is 2. The number of unbranched alkanes of at least 4 members (excludes halogenated alkanes) is 1. The highest BCUT2D eigenvalue weighted by atomic mass is 32.2. The van der Waals surface area contributed by atoms with Gasteiger partial charge in [0.15, 0.2) is 5.17 Å². The minimum Gasteiger partial charge on any atom is -0.494 e. The van der Waals surface area contributed by atoms with Crippen molar-refractivity contribution in [1.82, 2.24) is 4.90 Å². The van der Waals surface area contributed by atoms with E-state index in [0.29, 0.717) is 35.2 Å². The molecule has 1 aromatic rings. The molecule has 0 bridgehead atoms. The number of amidine groups is 1. The Bertz CT molecular complexity index is 801. The number of thioether (sulfide) groups is 1. The van der Waals surface area contributed by atoms with Gasteiger partial charge in [-0.3, -0.25) is 9.69 Å². The molecule has 1 unspecified atom stereocenters. The summed E-state index contributed by atoms with van der Waals surface area (Å²) in [5.41, 5.74) is 1.86. The van der Waals surface area contributed by atoms with Crippen LogP contribution in [0.15, 0.2) is 40.5 Å². The summed E-state index contributed by atoms with van der Waals surface area (Å²) in [5, 5.41) is 0.648. The second-order valence-corrected chi connectivity index (χ2v) is 7.71. The summed E-state index contributed by atoms with van der Waals surface area (Å²) in [4.78, 5) is 31.6. The fourth-order valence-electron chi connectivity index (χ4n) is 3.26. The molecule has 0 N–H and O–H groups in total. The van der Waals surface area contributed by atoms with Gasteiger partial charge in [0, 0.05) is 12.2 Å². The van der Waals surface area contributed by atoms with Crippen LogP contribution in [0.4, 0.5) is 0 Å². The maximum Gasteiger partial charge on any atom is 0.338 e. The van der Waals surface area contributed by atoms with Gasteiger partial charge in [-0.2, -0.15) is 0 Å². The predicted octanol–water partition coefficient (Wildman–Crippen LogP) is 4.08. The van der Waals surface area contributed by atoms with Crippen LogP contribution in [0.2, 0.25) is 0 Å². The number of carbonyl (C=O) groups excluding carboxylic acids is 2. The molecule has 1 atom stereocenters. The van der Waals surface area contributed by atoms with Crippen LogP contribution in [0.1, 0.15) is 51.6 Å². The van der Waals surface area contributed by atoms with Gasteiger partial charge in [0.25, 0.3) is 0 Å². The molecule has 1 fully saturated rings. The molecular weight excluding hydrogens is 376 g/mol. The monoisotopic (exact) mass is 402 g/mol. The van der Waals surface area contributed by atoms with Crippen LogP contribution >= 0.6 is 11.8 Å². The minimum absolute atomic E-state index is 0.0277. The number of fused-ring (bicyclic) bond motifs is 1. The smallest absolute Gasteiger partial charge is 0.338 e. The Labute approximate surface area is 170 Å². The highest BCUT2D eigenvalue weighted by Crippen LogP contribution is 2.40. The molecule has 0 aliphatic carbocycles. The lowest BCUT2D eigenvalue weighted by Crippen LogP contribution is -2.45. The number of ether oxygens (including phenoxy) is 2. The lowest BCUT2D eigenvalue weighted by molar-refractivity contribution is -0.139. The Morgan fingerprint density at radius 2 is 2.04 bits per heavy atom. The number of amides is 1. The summed E-state index contributed by atoms with van der Waals surface area (Å²) in [7, 11) is 0. The maximum atomic E-state index is 12.7. The zero-order valence-electron chi connectivity index (χ0n) is 16.6. The molecule has 28 heavy (non-hydrogen) atoms. The molecule has 3 rings (SSSR count). The molecule has 2 aliphatic heterocycles. The lowest BCUT2D eigenvalue weighted by atomic mass is 9.94. The number of hydrogen-bond acceptors (Lipinski definition) is 6. The molecule has 0 spiro atoms. The topological polar surface area (TPSA) is 68.2 Å². The summed E-state index contributed by atoms with van der Waals surface area (Å²) in [5.74, 6) is 1.02. The van der Waals surface area contributed by atoms with Crippen molar-refractivity contribution in [2.75, 3.05) is 19.0 Å². The summed E-state index contributed by atoms with van der Waals surface area (Å²) in [6.07, 6.45) is 2.50. The average molecular weight is 403 g/mol. The Morgan fingerprint density at radius 3 is 2.71 bits per heavy atom. The molecule has 7 heteroatoms. The van der Waals surface area contributed by atoms with Gasteiger partial charge in [0.1, 0.15) is 5.75 Å². The normalized spacial score (nSPS) is 19.2. The van der Waals surface area contributed by atoms with Gasteiger partial charge >= 0.3 is 5.97 Å². The van der Waals surface area contributed by atoms with E-state index in [1.54, 1.807) is 30.5 Å². The first kappa shape index (κ1) is 20.5. The number of allylic oxidation sites excluding steroid dienone is 1. The van der Waals surface area contributed by atoms with E-state index in [0.717, 1.165) is 24.2 Å². The van der Waals surface area contributed by atoms with Crippen molar-refractivity contribution in [2.24, 2.45) is 4.99 Å². The molecule has 0 aromatic heterocycles. The SMILES string of the molecule is CCCCOc1ccc(C2C(C(=O)OCC)=C(C)N=C3SCCC(=O)N32)cc1. The molecule has 6 nitrogen and oxygen atoms in total. The van der Waals surface area contributed by atoms with E-state index >= 15 is 0 Å². The van der Waals surface area contributed by atoms with Crippen LogP contribution in [0.5, 0.6) is 5.75 Å². The van der Waals surface area contributed by atoms with E-state index in [1.165, 1.54) is 0 Å². The van der Waals surface area contributed by atoms with E-state index < -0.39 is 12.0 Å². The third kappa shape index (κ3) is 4.24. The van der Waals surface area contributed by atoms with Gasteiger partial charge < -0.3 is 9.47 Å². The van der Waals surface area contributed by atoms with E-state index in [9.17, 15) is 9.59 Å². The average Bonchev–Trinajstić information content (AvgIpc) is 2.68. The lowest BCUT2D eigenvalue weighted by Gasteiger charge is -2.38. The van der Waals surface area contributed by atoms with Crippen LogP contribution in [0, 0.1) is 0 Å². The fourth-order valence-corrected chi connectivity index (χ4v) is 4.27. The van der Waals surface area contributed by atoms with Crippen molar-refractivity contribution < 1.29 is 19.1 Å². The molecule has 150 valence electrons. The van der Waals surface area contributed by atoms with Gasteiger partial charge in [-0.1, -0.05) is 37.2 Å². The summed E-state index contributed by atoms with van der Waals surface area (Å²) >= 11 is 1.54. The Hall–Kier alpha value is -2.28. The minimum atomic E-state index is -0.531. The quantitative estimate of drug-likeness (QED) is 0.508. The summed E-state index contributed by atoms with van der Waals surface area (Å²) < 4.78 is 11.0. The van der Waals surface area contributed by atoms with Crippen LogP contribution in [-0.2, 0) is 14.3 Å². The molecule has 1 aromatic carbocycles. The zero-order chi connectivity index (χ0) is 20.1. The second-order valence-electron chi connectivity index (χ2n) is 6.65.